The molecule has 1 saturated carbocycles. The molecular weight excluding hydrogens is 369 g/mol. The Bertz CT molecular complexity index is 901. The Hall–Kier alpha value is -2.03. The van der Waals surface area contributed by atoms with E-state index in [1.54, 1.807) is 0 Å². The first-order valence-electron chi connectivity index (χ1n) is 9.09. The molecule has 144 valence electrons. The van der Waals surface area contributed by atoms with Crippen molar-refractivity contribution in [1.82, 2.24) is 14.6 Å². The van der Waals surface area contributed by atoms with Gasteiger partial charge in [0.1, 0.15) is 16.5 Å². The Kier molecular flexibility index (Phi) is 5.12. The SMILES string of the molecule is O=S(=O)(N[C@@H]1CCN(Cc2ccc(OC3CC3)cc2)C1)c1cncc(F)c1. The molecule has 0 spiro atoms. The minimum absolute atomic E-state index is 0.146. The molecule has 2 heterocycles. The molecule has 1 N–H and O–H groups in total. The molecular formula is C19H22FN3O3S. The Morgan fingerprint density at radius 1 is 1.19 bits per heavy atom. The maximum Gasteiger partial charge on any atom is 0.242 e. The predicted molar refractivity (Wildman–Crippen MR) is 98.3 cm³/mol. The molecule has 0 unspecified atom stereocenters. The number of likely N-dealkylation sites (tertiary alicyclic amines) is 1. The highest BCUT2D eigenvalue weighted by atomic mass is 32.2. The van der Waals surface area contributed by atoms with Crippen molar-refractivity contribution in [2.45, 2.75) is 42.8 Å². The van der Waals surface area contributed by atoms with Crippen molar-refractivity contribution in [2.75, 3.05) is 13.1 Å². The van der Waals surface area contributed by atoms with Crippen LogP contribution >= 0.6 is 0 Å². The van der Waals surface area contributed by atoms with E-state index in [0.29, 0.717) is 19.1 Å². The normalized spacial score (nSPS) is 20.7. The summed E-state index contributed by atoms with van der Waals surface area (Å²) in [7, 11) is -3.77. The van der Waals surface area contributed by atoms with E-state index in [1.807, 2.05) is 24.3 Å². The van der Waals surface area contributed by atoms with Gasteiger partial charge in [-0.3, -0.25) is 9.88 Å². The van der Waals surface area contributed by atoms with Crippen LogP contribution in [0.1, 0.15) is 24.8 Å². The van der Waals surface area contributed by atoms with E-state index in [1.165, 1.54) is 0 Å². The van der Waals surface area contributed by atoms with Crippen molar-refractivity contribution in [3.05, 3.63) is 54.1 Å². The summed E-state index contributed by atoms with van der Waals surface area (Å²) >= 11 is 0. The Morgan fingerprint density at radius 3 is 2.67 bits per heavy atom. The summed E-state index contributed by atoms with van der Waals surface area (Å²) < 4.78 is 46.4. The lowest BCUT2D eigenvalue weighted by Gasteiger charge is -2.17. The number of benzene rings is 1. The quantitative estimate of drug-likeness (QED) is 0.784. The van der Waals surface area contributed by atoms with E-state index in [9.17, 15) is 12.8 Å². The van der Waals surface area contributed by atoms with E-state index >= 15 is 0 Å². The van der Waals surface area contributed by atoms with Crippen LogP contribution in [0.4, 0.5) is 4.39 Å². The predicted octanol–water partition coefficient (Wildman–Crippen LogP) is 2.31. The summed E-state index contributed by atoms with van der Waals surface area (Å²) in [4.78, 5) is 5.67. The molecule has 1 aromatic heterocycles. The van der Waals surface area contributed by atoms with Crippen LogP contribution in [0.15, 0.2) is 47.6 Å². The summed E-state index contributed by atoms with van der Waals surface area (Å²) in [5.41, 5.74) is 1.16. The van der Waals surface area contributed by atoms with Crippen molar-refractivity contribution in [1.29, 1.82) is 0 Å². The Labute approximate surface area is 158 Å². The first kappa shape index (κ1) is 18.3. The molecule has 2 aromatic rings. The van der Waals surface area contributed by atoms with Gasteiger partial charge in [0.05, 0.1) is 12.3 Å². The summed E-state index contributed by atoms with van der Waals surface area (Å²) in [6.07, 6.45) is 5.51. The second-order valence-corrected chi connectivity index (χ2v) is 8.86. The molecule has 1 aliphatic carbocycles. The number of nitrogens with one attached hydrogen (secondary N) is 1. The molecule has 2 aliphatic rings. The monoisotopic (exact) mass is 391 g/mol. The average Bonchev–Trinajstić information content (AvgIpc) is 3.35. The van der Waals surface area contributed by atoms with Crippen LogP contribution < -0.4 is 9.46 Å². The lowest BCUT2D eigenvalue weighted by molar-refractivity contribution is 0.302. The smallest absolute Gasteiger partial charge is 0.242 e. The molecule has 0 bridgehead atoms. The third-order valence-corrected chi connectivity index (χ3v) is 6.23. The van der Waals surface area contributed by atoms with Crippen LogP contribution in [-0.4, -0.2) is 43.5 Å². The van der Waals surface area contributed by atoms with Gasteiger partial charge in [0.15, 0.2) is 0 Å². The minimum Gasteiger partial charge on any atom is -0.490 e. The van der Waals surface area contributed by atoms with Gasteiger partial charge < -0.3 is 4.74 Å². The van der Waals surface area contributed by atoms with Crippen LogP contribution in [0, 0.1) is 5.82 Å². The van der Waals surface area contributed by atoms with Gasteiger partial charge in [0.2, 0.25) is 10.0 Å². The number of nitrogens with zero attached hydrogens (tertiary/aromatic N) is 2. The Balaban J connectivity index is 1.31. The fraction of sp³-hybridized carbons (Fsp3) is 0.421. The second kappa shape index (κ2) is 7.53. The molecule has 6 nitrogen and oxygen atoms in total. The van der Waals surface area contributed by atoms with E-state index < -0.39 is 15.8 Å². The van der Waals surface area contributed by atoms with Crippen LogP contribution in [0.3, 0.4) is 0 Å². The summed E-state index contributed by atoms with van der Waals surface area (Å²) in [6, 6.07) is 8.85. The number of ether oxygens (including phenoxy) is 1. The van der Waals surface area contributed by atoms with Crippen LogP contribution in [0.2, 0.25) is 0 Å². The van der Waals surface area contributed by atoms with Gasteiger partial charge in [-0.15, -0.1) is 0 Å². The largest absolute Gasteiger partial charge is 0.490 e. The minimum atomic E-state index is -3.77. The van der Waals surface area contributed by atoms with Crippen LogP contribution in [-0.2, 0) is 16.6 Å². The topological polar surface area (TPSA) is 71.5 Å². The maximum atomic E-state index is 13.2. The molecule has 0 radical (unpaired) electrons. The van der Waals surface area contributed by atoms with Gasteiger partial charge in [0, 0.05) is 31.9 Å². The van der Waals surface area contributed by atoms with Crippen molar-refractivity contribution >= 4 is 10.0 Å². The highest BCUT2D eigenvalue weighted by Gasteiger charge is 2.28. The fourth-order valence-corrected chi connectivity index (χ4v) is 4.44. The van der Waals surface area contributed by atoms with Gasteiger partial charge in [-0.25, -0.2) is 17.5 Å². The average molecular weight is 391 g/mol. The molecule has 2 fully saturated rings. The number of aromatic nitrogens is 1. The highest BCUT2D eigenvalue weighted by Crippen LogP contribution is 2.27. The van der Waals surface area contributed by atoms with Crippen molar-refractivity contribution in [3.63, 3.8) is 0 Å². The number of hydrogen-bond donors (Lipinski definition) is 1. The number of hydrogen-bond acceptors (Lipinski definition) is 5. The standard InChI is InChI=1S/C19H22FN3O3S/c20-15-9-19(11-21-10-15)27(24,25)22-16-7-8-23(13-16)12-14-1-3-17(4-2-14)26-18-5-6-18/h1-4,9-11,16,18,22H,5-8,12-13H2/t16-/m1/s1. The molecule has 8 heteroatoms. The molecule has 0 amide bonds. The fourth-order valence-electron chi connectivity index (χ4n) is 3.21. The first-order valence-corrected chi connectivity index (χ1v) is 10.6. The van der Waals surface area contributed by atoms with E-state index in [2.05, 4.69) is 14.6 Å². The van der Waals surface area contributed by atoms with Gasteiger partial charge >= 0.3 is 0 Å². The third-order valence-electron chi connectivity index (χ3n) is 4.74. The summed E-state index contributed by atoms with van der Waals surface area (Å²) in [6.45, 7) is 2.17. The van der Waals surface area contributed by atoms with Gasteiger partial charge in [-0.2, -0.15) is 0 Å². The third kappa shape index (κ3) is 4.82. The van der Waals surface area contributed by atoms with Gasteiger partial charge in [-0.1, -0.05) is 12.1 Å². The van der Waals surface area contributed by atoms with Gasteiger partial charge in [-0.05, 0) is 43.0 Å². The van der Waals surface area contributed by atoms with Gasteiger partial charge in [0.25, 0.3) is 0 Å². The molecule has 1 aromatic carbocycles. The summed E-state index contributed by atoms with van der Waals surface area (Å²) in [5.74, 6) is 0.233. The lowest BCUT2D eigenvalue weighted by Crippen LogP contribution is -2.37. The molecule has 1 saturated heterocycles. The zero-order valence-electron chi connectivity index (χ0n) is 14.8. The Morgan fingerprint density at radius 2 is 1.96 bits per heavy atom. The van der Waals surface area contributed by atoms with Crippen molar-refractivity contribution in [2.24, 2.45) is 0 Å². The molecule has 1 atom stereocenters. The zero-order valence-corrected chi connectivity index (χ0v) is 15.7. The maximum absolute atomic E-state index is 13.2. The molecule has 4 rings (SSSR count). The van der Waals surface area contributed by atoms with E-state index in [-0.39, 0.29) is 10.9 Å². The van der Waals surface area contributed by atoms with Crippen LogP contribution in [0.25, 0.3) is 0 Å². The second-order valence-electron chi connectivity index (χ2n) is 7.14. The summed E-state index contributed by atoms with van der Waals surface area (Å²) in [5, 5.41) is 0. The zero-order chi connectivity index (χ0) is 18.9. The number of halogens is 1. The number of pyridine rings is 1. The van der Waals surface area contributed by atoms with Crippen molar-refractivity contribution in [3.8, 4) is 5.75 Å². The first-order chi connectivity index (χ1) is 13.0. The van der Waals surface area contributed by atoms with E-state index in [0.717, 1.165) is 55.7 Å². The van der Waals surface area contributed by atoms with E-state index in [4.69, 9.17) is 4.74 Å². The molecule has 27 heavy (non-hydrogen) atoms. The highest BCUT2D eigenvalue weighted by molar-refractivity contribution is 7.89. The number of rotatable bonds is 7. The van der Waals surface area contributed by atoms with Crippen LogP contribution in [0.5, 0.6) is 5.75 Å². The molecule has 1 aliphatic heterocycles. The number of sulfonamides is 1. The lowest BCUT2D eigenvalue weighted by atomic mass is 10.2. The van der Waals surface area contributed by atoms with Crippen molar-refractivity contribution < 1.29 is 17.5 Å².